The topological polar surface area (TPSA) is 79.0 Å². The van der Waals surface area contributed by atoms with Gasteiger partial charge in [-0.05, 0) is 32.0 Å². The van der Waals surface area contributed by atoms with Crippen molar-refractivity contribution in [2.45, 2.75) is 13.8 Å². The summed E-state index contributed by atoms with van der Waals surface area (Å²) >= 11 is 1.29. The fourth-order valence-electron chi connectivity index (χ4n) is 2.76. The molecule has 2 rings (SSSR count). The van der Waals surface area contributed by atoms with Crippen LogP contribution in [0, 0.1) is 0 Å². The normalized spacial score (nSPS) is 13.9. The highest BCUT2D eigenvalue weighted by Gasteiger charge is 2.17. The van der Waals surface area contributed by atoms with Crippen LogP contribution in [-0.2, 0) is 14.3 Å². The zero-order chi connectivity index (χ0) is 19.6. The van der Waals surface area contributed by atoms with Gasteiger partial charge in [0.15, 0.2) is 0 Å². The average Bonchev–Trinajstić information content (AvgIpc) is 2.69. The summed E-state index contributed by atoms with van der Waals surface area (Å²) in [4.78, 5) is 40.1. The number of anilines is 1. The van der Waals surface area contributed by atoms with Gasteiger partial charge >= 0.3 is 0 Å². The minimum absolute atomic E-state index is 0.0305. The maximum absolute atomic E-state index is 12.4. The van der Waals surface area contributed by atoms with Crippen LogP contribution in [0.15, 0.2) is 24.3 Å². The fourth-order valence-corrected chi connectivity index (χ4v) is 3.47. The Morgan fingerprint density at radius 2 is 1.85 bits per heavy atom. The van der Waals surface area contributed by atoms with Crippen LogP contribution < -0.4 is 5.32 Å². The third-order valence-corrected chi connectivity index (χ3v) is 5.18. The Bertz CT molecular complexity index is 658. The molecule has 1 aromatic rings. The van der Waals surface area contributed by atoms with Gasteiger partial charge in [-0.15, -0.1) is 11.8 Å². The second-order valence-electron chi connectivity index (χ2n) is 6.09. The van der Waals surface area contributed by atoms with Crippen molar-refractivity contribution in [2.75, 3.05) is 56.2 Å². The molecular formula is C19H27N3O4S. The highest BCUT2D eigenvalue weighted by atomic mass is 32.2. The van der Waals surface area contributed by atoms with Crippen LogP contribution in [0.1, 0.15) is 24.2 Å². The Morgan fingerprint density at radius 3 is 2.52 bits per heavy atom. The first-order valence-corrected chi connectivity index (χ1v) is 10.3. The SMILES string of the molecule is CCN(CC)C(=O)c1cccc(NC(=O)CSCC(=O)N2CCOCC2)c1. The van der Waals surface area contributed by atoms with Crippen LogP contribution in [-0.4, -0.2) is 78.4 Å². The lowest BCUT2D eigenvalue weighted by atomic mass is 10.1. The summed E-state index contributed by atoms with van der Waals surface area (Å²) in [6, 6.07) is 6.93. The number of hydrogen-bond donors (Lipinski definition) is 1. The molecule has 7 nitrogen and oxygen atoms in total. The molecule has 0 aromatic heterocycles. The van der Waals surface area contributed by atoms with Gasteiger partial charge in [0.05, 0.1) is 24.7 Å². The predicted octanol–water partition coefficient (Wildman–Crippen LogP) is 1.70. The maximum Gasteiger partial charge on any atom is 0.253 e. The van der Waals surface area contributed by atoms with Gasteiger partial charge in [0.1, 0.15) is 0 Å². The molecule has 0 unspecified atom stereocenters. The van der Waals surface area contributed by atoms with Crippen molar-refractivity contribution in [2.24, 2.45) is 0 Å². The van der Waals surface area contributed by atoms with Gasteiger partial charge in [0.2, 0.25) is 11.8 Å². The van der Waals surface area contributed by atoms with Crippen LogP contribution in [0.3, 0.4) is 0 Å². The molecule has 0 radical (unpaired) electrons. The van der Waals surface area contributed by atoms with Gasteiger partial charge in [-0.25, -0.2) is 0 Å². The van der Waals surface area contributed by atoms with Gasteiger partial charge < -0.3 is 19.9 Å². The first-order chi connectivity index (χ1) is 13.0. The molecule has 0 aliphatic carbocycles. The van der Waals surface area contributed by atoms with Crippen molar-refractivity contribution >= 4 is 35.2 Å². The lowest BCUT2D eigenvalue weighted by Gasteiger charge is -2.26. The number of amides is 3. The Morgan fingerprint density at radius 1 is 1.15 bits per heavy atom. The van der Waals surface area contributed by atoms with Crippen molar-refractivity contribution in [1.82, 2.24) is 9.80 Å². The summed E-state index contributed by atoms with van der Waals surface area (Å²) in [6.45, 7) is 7.50. The second kappa shape index (κ2) is 10.9. The molecule has 3 amide bonds. The van der Waals surface area contributed by atoms with E-state index in [2.05, 4.69) is 5.32 Å². The van der Waals surface area contributed by atoms with Crippen LogP contribution in [0.5, 0.6) is 0 Å². The Balaban J connectivity index is 1.80. The zero-order valence-corrected chi connectivity index (χ0v) is 16.7. The highest BCUT2D eigenvalue weighted by molar-refractivity contribution is 8.00. The Labute approximate surface area is 164 Å². The van der Waals surface area contributed by atoms with Crippen molar-refractivity contribution in [3.8, 4) is 0 Å². The summed E-state index contributed by atoms with van der Waals surface area (Å²) in [7, 11) is 0. The number of hydrogen-bond acceptors (Lipinski definition) is 5. The van der Waals surface area contributed by atoms with Gasteiger partial charge in [0, 0.05) is 37.4 Å². The lowest BCUT2D eigenvalue weighted by molar-refractivity contribution is -0.132. The van der Waals surface area contributed by atoms with E-state index in [-0.39, 0.29) is 29.2 Å². The number of carbonyl (C=O) groups is 3. The largest absolute Gasteiger partial charge is 0.378 e. The van der Waals surface area contributed by atoms with Crippen molar-refractivity contribution in [3.63, 3.8) is 0 Å². The van der Waals surface area contributed by atoms with E-state index in [4.69, 9.17) is 4.74 Å². The molecule has 1 fully saturated rings. The number of morpholine rings is 1. The molecule has 148 valence electrons. The molecule has 0 saturated carbocycles. The third-order valence-electron chi connectivity index (χ3n) is 4.27. The summed E-state index contributed by atoms with van der Waals surface area (Å²) < 4.78 is 5.22. The van der Waals surface area contributed by atoms with Crippen molar-refractivity contribution < 1.29 is 19.1 Å². The number of nitrogens with zero attached hydrogens (tertiary/aromatic N) is 2. The summed E-state index contributed by atoms with van der Waals surface area (Å²) in [5, 5.41) is 2.79. The molecule has 0 spiro atoms. The van der Waals surface area contributed by atoms with E-state index in [0.29, 0.717) is 50.6 Å². The summed E-state index contributed by atoms with van der Waals surface area (Å²) in [5.74, 6) is 0.241. The maximum atomic E-state index is 12.4. The predicted molar refractivity (Wildman–Crippen MR) is 107 cm³/mol. The smallest absolute Gasteiger partial charge is 0.253 e. The molecule has 8 heteroatoms. The molecule has 1 saturated heterocycles. The van der Waals surface area contributed by atoms with Gasteiger partial charge in [0.25, 0.3) is 5.91 Å². The molecular weight excluding hydrogens is 366 g/mol. The van der Waals surface area contributed by atoms with Crippen LogP contribution in [0.2, 0.25) is 0 Å². The molecule has 1 aliphatic heterocycles. The molecule has 1 aliphatic rings. The number of carbonyl (C=O) groups excluding carboxylic acids is 3. The second-order valence-corrected chi connectivity index (χ2v) is 7.08. The molecule has 1 N–H and O–H groups in total. The zero-order valence-electron chi connectivity index (χ0n) is 15.9. The summed E-state index contributed by atoms with van der Waals surface area (Å²) in [5.41, 5.74) is 1.13. The molecule has 1 aromatic carbocycles. The quantitative estimate of drug-likeness (QED) is 0.727. The van der Waals surface area contributed by atoms with E-state index in [0.717, 1.165) is 0 Å². The highest BCUT2D eigenvalue weighted by Crippen LogP contribution is 2.14. The Kier molecular flexibility index (Phi) is 8.60. The van der Waals surface area contributed by atoms with E-state index in [1.54, 1.807) is 34.1 Å². The minimum Gasteiger partial charge on any atom is -0.378 e. The van der Waals surface area contributed by atoms with E-state index < -0.39 is 0 Å². The van der Waals surface area contributed by atoms with Crippen LogP contribution in [0.25, 0.3) is 0 Å². The van der Waals surface area contributed by atoms with Gasteiger partial charge in [-0.1, -0.05) is 6.07 Å². The third kappa shape index (κ3) is 6.55. The number of ether oxygens (including phenoxy) is 1. The van der Waals surface area contributed by atoms with Crippen LogP contribution in [0.4, 0.5) is 5.69 Å². The van der Waals surface area contributed by atoms with E-state index >= 15 is 0 Å². The molecule has 0 atom stereocenters. The molecule has 1 heterocycles. The van der Waals surface area contributed by atoms with E-state index in [9.17, 15) is 14.4 Å². The number of nitrogens with one attached hydrogen (secondary N) is 1. The Hall–Kier alpha value is -2.06. The van der Waals surface area contributed by atoms with Gasteiger partial charge in [-0.3, -0.25) is 14.4 Å². The van der Waals surface area contributed by atoms with Gasteiger partial charge in [-0.2, -0.15) is 0 Å². The lowest BCUT2D eigenvalue weighted by Crippen LogP contribution is -2.41. The average molecular weight is 394 g/mol. The molecule has 0 bridgehead atoms. The summed E-state index contributed by atoms with van der Waals surface area (Å²) in [6.07, 6.45) is 0. The minimum atomic E-state index is -0.192. The molecule has 27 heavy (non-hydrogen) atoms. The number of benzene rings is 1. The van der Waals surface area contributed by atoms with E-state index in [1.165, 1.54) is 11.8 Å². The first-order valence-electron chi connectivity index (χ1n) is 9.17. The first kappa shape index (κ1) is 21.2. The number of rotatable bonds is 8. The monoisotopic (exact) mass is 393 g/mol. The standard InChI is InChI=1S/C19H27N3O4S/c1-3-21(4-2)19(25)15-6-5-7-16(12-15)20-17(23)13-27-14-18(24)22-8-10-26-11-9-22/h5-7,12H,3-4,8-11,13-14H2,1-2H3,(H,20,23). The van der Waals surface area contributed by atoms with Crippen molar-refractivity contribution in [3.05, 3.63) is 29.8 Å². The van der Waals surface area contributed by atoms with Crippen LogP contribution >= 0.6 is 11.8 Å². The van der Waals surface area contributed by atoms with E-state index in [1.807, 2.05) is 13.8 Å². The van der Waals surface area contributed by atoms with Crippen molar-refractivity contribution in [1.29, 1.82) is 0 Å². The fraction of sp³-hybridized carbons (Fsp3) is 0.526. The number of thioether (sulfide) groups is 1.